The lowest BCUT2D eigenvalue weighted by Crippen LogP contribution is -2.42. The van der Waals surface area contributed by atoms with Gasteiger partial charge in [0.2, 0.25) is 0 Å². The Morgan fingerprint density at radius 1 is 1.32 bits per heavy atom. The highest BCUT2D eigenvalue weighted by atomic mass is 16.6. The second-order valence-electron chi connectivity index (χ2n) is 5.53. The molecule has 1 heterocycles. The van der Waals surface area contributed by atoms with E-state index in [1.54, 1.807) is 0 Å². The molecule has 102 valence electrons. The van der Waals surface area contributed by atoms with E-state index in [0.717, 1.165) is 5.56 Å². The molecule has 0 radical (unpaired) electrons. The molecule has 2 rings (SSSR count). The third-order valence-corrected chi connectivity index (χ3v) is 2.80. The Morgan fingerprint density at radius 2 is 1.95 bits per heavy atom. The number of hydrogen-bond donors (Lipinski definition) is 1. The number of ether oxygens (including phenoxy) is 1. The van der Waals surface area contributed by atoms with Crippen LogP contribution in [0.15, 0.2) is 42.1 Å². The normalized spacial score (nSPS) is 16.4. The molecule has 1 amide bonds. The maximum atomic E-state index is 11.9. The molecule has 1 atom stereocenters. The first kappa shape index (κ1) is 13.6. The van der Waals surface area contributed by atoms with Gasteiger partial charge in [-0.25, -0.2) is 4.79 Å². The Bertz CT molecular complexity index is 488. The minimum Gasteiger partial charge on any atom is -0.443 e. The number of nitrogens with zero attached hydrogens (tertiary/aromatic N) is 1. The van der Waals surface area contributed by atoms with E-state index >= 15 is 0 Å². The molecule has 0 fully saturated rings. The van der Waals surface area contributed by atoms with Gasteiger partial charge in [-0.05, 0) is 32.4 Å². The highest BCUT2D eigenvalue weighted by Gasteiger charge is 2.32. The Hall–Kier alpha value is -1.81. The fourth-order valence-electron chi connectivity index (χ4n) is 1.85. The van der Waals surface area contributed by atoms with Gasteiger partial charge in [0.05, 0.1) is 5.70 Å². The van der Waals surface area contributed by atoms with Gasteiger partial charge < -0.3 is 9.84 Å². The number of rotatable bonds is 2. The lowest BCUT2D eigenvalue weighted by molar-refractivity contribution is 0.0230. The molecule has 1 aliphatic rings. The Labute approximate surface area is 113 Å². The highest BCUT2D eigenvalue weighted by molar-refractivity contribution is 5.72. The van der Waals surface area contributed by atoms with Gasteiger partial charge in [-0.2, -0.15) is 0 Å². The van der Waals surface area contributed by atoms with E-state index < -0.39 is 17.8 Å². The molecule has 4 nitrogen and oxygen atoms in total. The summed E-state index contributed by atoms with van der Waals surface area (Å²) in [7, 11) is 0. The lowest BCUT2D eigenvalue weighted by Gasteiger charge is -2.35. The summed E-state index contributed by atoms with van der Waals surface area (Å²) in [6, 6.07) is 9.26. The maximum Gasteiger partial charge on any atom is 0.414 e. The Balaban J connectivity index is 2.05. The van der Waals surface area contributed by atoms with Crippen LogP contribution in [0.5, 0.6) is 0 Å². The van der Waals surface area contributed by atoms with Crippen LogP contribution in [0.25, 0.3) is 0 Å². The van der Waals surface area contributed by atoms with Crippen molar-refractivity contribution in [2.24, 2.45) is 0 Å². The van der Waals surface area contributed by atoms with Crippen molar-refractivity contribution in [3.8, 4) is 0 Å². The number of carbonyl (C=O) groups excluding carboxylic acids is 1. The van der Waals surface area contributed by atoms with Crippen molar-refractivity contribution < 1.29 is 14.6 Å². The van der Waals surface area contributed by atoms with E-state index in [-0.39, 0.29) is 0 Å². The molecule has 1 unspecified atom stereocenters. The van der Waals surface area contributed by atoms with E-state index in [1.807, 2.05) is 57.2 Å². The topological polar surface area (TPSA) is 49.8 Å². The molecule has 0 aliphatic carbocycles. The second kappa shape index (κ2) is 5.05. The summed E-state index contributed by atoms with van der Waals surface area (Å²) >= 11 is 0. The summed E-state index contributed by atoms with van der Waals surface area (Å²) in [6.07, 6.45) is 0.629. The first-order chi connectivity index (χ1) is 8.88. The van der Waals surface area contributed by atoms with Crippen LogP contribution in [0.3, 0.4) is 0 Å². The van der Waals surface area contributed by atoms with E-state index in [0.29, 0.717) is 12.2 Å². The van der Waals surface area contributed by atoms with Crippen molar-refractivity contribution in [2.45, 2.75) is 32.5 Å². The average molecular weight is 261 g/mol. The summed E-state index contributed by atoms with van der Waals surface area (Å²) in [6.45, 7) is 5.94. The van der Waals surface area contributed by atoms with Gasteiger partial charge in [0.15, 0.2) is 0 Å². The third-order valence-electron chi connectivity index (χ3n) is 2.80. The fraction of sp³-hybridized carbons (Fsp3) is 0.400. The van der Waals surface area contributed by atoms with E-state index in [9.17, 15) is 9.90 Å². The summed E-state index contributed by atoms with van der Waals surface area (Å²) < 4.78 is 5.29. The van der Waals surface area contributed by atoms with Gasteiger partial charge in [0.1, 0.15) is 11.7 Å². The van der Waals surface area contributed by atoms with E-state index in [1.165, 1.54) is 4.90 Å². The van der Waals surface area contributed by atoms with Gasteiger partial charge in [0, 0.05) is 6.54 Å². The standard InChI is InChI=1S/C15H19NO3/c1-15(2,3)19-14(18)16-10-9-12(16)13(17)11-7-5-4-6-8-11/h4-9,13,17H,10H2,1-3H3. The van der Waals surface area contributed by atoms with Crippen molar-refractivity contribution >= 4 is 6.09 Å². The summed E-state index contributed by atoms with van der Waals surface area (Å²) in [5, 5.41) is 10.2. The van der Waals surface area contributed by atoms with Crippen LogP contribution in [0.4, 0.5) is 4.79 Å². The molecule has 1 aliphatic heterocycles. The quantitative estimate of drug-likeness (QED) is 0.890. The fourth-order valence-corrected chi connectivity index (χ4v) is 1.85. The van der Waals surface area contributed by atoms with Crippen molar-refractivity contribution in [3.05, 3.63) is 47.7 Å². The van der Waals surface area contributed by atoms with E-state index in [2.05, 4.69) is 0 Å². The number of aliphatic hydroxyl groups is 1. The SMILES string of the molecule is CC(C)(C)OC(=O)N1CC=C1C(O)c1ccccc1. The minimum atomic E-state index is -0.789. The molecular formula is C15H19NO3. The molecule has 1 aromatic carbocycles. The van der Waals surface area contributed by atoms with Crippen molar-refractivity contribution in [1.82, 2.24) is 4.90 Å². The zero-order valence-corrected chi connectivity index (χ0v) is 11.5. The first-order valence-electron chi connectivity index (χ1n) is 6.32. The van der Waals surface area contributed by atoms with Gasteiger partial charge in [0.25, 0.3) is 0 Å². The van der Waals surface area contributed by atoms with Crippen LogP contribution in [0.1, 0.15) is 32.4 Å². The largest absolute Gasteiger partial charge is 0.443 e. The lowest BCUT2D eigenvalue weighted by atomic mass is 10.0. The van der Waals surface area contributed by atoms with Crippen LogP contribution < -0.4 is 0 Å². The van der Waals surface area contributed by atoms with Gasteiger partial charge in [-0.3, -0.25) is 4.90 Å². The second-order valence-corrected chi connectivity index (χ2v) is 5.53. The molecule has 1 N–H and O–H groups in total. The van der Waals surface area contributed by atoms with Gasteiger partial charge in [-0.1, -0.05) is 30.3 Å². The van der Waals surface area contributed by atoms with Crippen LogP contribution in [0.2, 0.25) is 0 Å². The van der Waals surface area contributed by atoms with Crippen molar-refractivity contribution in [2.75, 3.05) is 6.54 Å². The highest BCUT2D eigenvalue weighted by Crippen LogP contribution is 2.30. The molecule has 0 spiro atoms. The Morgan fingerprint density at radius 3 is 2.42 bits per heavy atom. The van der Waals surface area contributed by atoms with Crippen LogP contribution in [-0.2, 0) is 4.74 Å². The van der Waals surface area contributed by atoms with Gasteiger partial charge in [-0.15, -0.1) is 0 Å². The zero-order valence-electron chi connectivity index (χ0n) is 11.5. The number of carbonyl (C=O) groups is 1. The monoisotopic (exact) mass is 261 g/mol. The third kappa shape index (κ3) is 3.15. The minimum absolute atomic E-state index is 0.417. The number of hydrogen-bond acceptors (Lipinski definition) is 3. The van der Waals surface area contributed by atoms with Crippen LogP contribution in [-0.4, -0.2) is 28.2 Å². The predicted molar refractivity (Wildman–Crippen MR) is 72.4 cm³/mol. The summed E-state index contributed by atoms with van der Waals surface area (Å²) in [5.41, 5.74) is 0.817. The van der Waals surface area contributed by atoms with Crippen LogP contribution >= 0.6 is 0 Å². The smallest absolute Gasteiger partial charge is 0.414 e. The number of aliphatic hydroxyl groups excluding tert-OH is 1. The average Bonchev–Trinajstić information content (AvgIpc) is 2.26. The molecule has 0 saturated carbocycles. The van der Waals surface area contributed by atoms with E-state index in [4.69, 9.17) is 4.74 Å². The molecule has 0 aromatic heterocycles. The number of benzene rings is 1. The molecule has 1 aromatic rings. The summed E-state index contributed by atoms with van der Waals surface area (Å²) in [5.74, 6) is 0. The molecule has 19 heavy (non-hydrogen) atoms. The number of amides is 1. The molecular weight excluding hydrogens is 242 g/mol. The first-order valence-corrected chi connectivity index (χ1v) is 6.32. The Kier molecular flexibility index (Phi) is 3.62. The van der Waals surface area contributed by atoms with Crippen molar-refractivity contribution in [1.29, 1.82) is 0 Å². The summed E-state index contributed by atoms with van der Waals surface area (Å²) in [4.78, 5) is 13.4. The van der Waals surface area contributed by atoms with Gasteiger partial charge >= 0.3 is 6.09 Å². The maximum absolute atomic E-state index is 11.9. The van der Waals surface area contributed by atoms with Crippen molar-refractivity contribution in [3.63, 3.8) is 0 Å². The molecule has 0 bridgehead atoms. The molecule has 4 heteroatoms. The zero-order chi connectivity index (χ0) is 14.0. The predicted octanol–water partition coefficient (Wildman–Crippen LogP) is 2.85. The van der Waals surface area contributed by atoms with Crippen LogP contribution in [0, 0.1) is 0 Å². The molecule has 0 saturated heterocycles.